The number of hydrogen-bond acceptors (Lipinski definition) is 6. The van der Waals surface area contributed by atoms with Gasteiger partial charge in [0.1, 0.15) is 12.7 Å². The lowest BCUT2D eigenvalue weighted by Gasteiger charge is -2.26. The standard InChI is InChI=1S/C17H14Cl2N4O3S/c18-10-5-12(19)16-21-22-17(23(16)7-10)27-9-15(24)20-6-11-8-25-13-3-1-2-4-14(13)26-11/h1-5,7,11H,6,8-9H2,(H,20,24)/t11-/m0/s1. The summed E-state index contributed by atoms with van der Waals surface area (Å²) in [4.78, 5) is 12.2. The van der Waals surface area contributed by atoms with Crippen LogP contribution in [0.1, 0.15) is 0 Å². The molecule has 0 spiro atoms. The van der Waals surface area contributed by atoms with Gasteiger partial charge in [0.2, 0.25) is 5.91 Å². The van der Waals surface area contributed by atoms with Crippen molar-refractivity contribution in [3.8, 4) is 11.5 Å². The quantitative estimate of drug-likeness (QED) is 0.634. The molecule has 1 aliphatic heterocycles. The maximum Gasteiger partial charge on any atom is 0.230 e. The fraction of sp³-hybridized carbons (Fsp3) is 0.235. The van der Waals surface area contributed by atoms with E-state index in [2.05, 4.69) is 15.5 Å². The Morgan fingerprint density at radius 2 is 2.11 bits per heavy atom. The molecule has 1 aliphatic rings. The molecule has 1 aromatic carbocycles. The first-order chi connectivity index (χ1) is 13.1. The van der Waals surface area contributed by atoms with E-state index in [0.717, 1.165) is 0 Å². The van der Waals surface area contributed by atoms with Gasteiger partial charge in [-0.05, 0) is 18.2 Å². The highest BCUT2D eigenvalue weighted by molar-refractivity contribution is 7.99. The van der Waals surface area contributed by atoms with Crippen LogP contribution in [-0.4, -0.2) is 45.5 Å². The smallest absolute Gasteiger partial charge is 0.230 e. The Hall–Kier alpha value is -2.16. The molecule has 1 N–H and O–H groups in total. The summed E-state index contributed by atoms with van der Waals surface area (Å²) in [7, 11) is 0. The number of para-hydroxylation sites is 2. The molecule has 0 unspecified atom stereocenters. The summed E-state index contributed by atoms with van der Waals surface area (Å²) in [5.41, 5.74) is 0.496. The third kappa shape index (κ3) is 4.07. The number of carbonyl (C=O) groups excluding carboxylic acids is 1. The molecule has 0 fully saturated rings. The number of aromatic nitrogens is 3. The van der Waals surface area contributed by atoms with Crippen LogP contribution in [0.4, 0.5) is 0 Å². The molecular formula is C17H14Cl2N4O3S. The van der Waals surface area contributed by atoms with Gasteiger partial charge in [-0.15, -0.1) is 10.2 Å². The van der Waals surface area contributed by atoms with E-state index in [-0.39, 0.29) is 17.8 Å². The second-order valence-corrected chi connectivity index (χ2v) is 7.56. The van der Waals surface area contributed by atoms with E-state index < -0.39 is 0 Å². The van der Waals surface area contributed by atoms with Crippen LogP contribution in [0.5, 0.6) is 11.5 Å². The number of rotatable bonds is 5. The molecule has 3 heterocycles. The molecule has 2 aromatic heterocycles. The summed E-state index contributed by atoms with van der Waals surface area (Å²) >= 11 is 13.3. The highest BCUT2D eigenvalue weighted by Crippen LogP contribution is 2.30. The van der Waals surface area contributed by atoms with Crippen LogP contribution in [0, 0.1) is 0 Å². The van der Waals surface area contributed by atoms with Crippen LogP contribution < -0.4 is 14.8 Å². The van der Waals surface area contributed by atoms with Gasteiger partial charge in [-0.25, -0.2) is 0 Å². The summed E-state index contributed by atoms with van der Waals surface area (Å²) in [6, 6.07) is 9.05. The normalized spacial score (nSPS) is 15.7. The summed E-state index contributed by atoms with van der Waals surface area (Å²) in [5, 5.41) is 12.3. The highest BCUT2D eigenvalue weighted by Gasteiger charge is 2.21. The monoisotopic (exact) mass is 424 g/mol. The molecule has 3 aromatic rings. The van der Waals surface area contributed by atoms with Gasteiger partial charge in [-0.2, -0.15) is 0 Å². The molecule has 0 radical (unpaired) electrons. The predicted octanol–water partition coefficient (Wildman–Crippen LogP) is 3.08. The van der Waals surface area contributed by atoms with Crippen LogP contribution >= 0.6 is 35.0 Å². The second kappa shape index (κ2) is 7.84. The number of nitrogens with one attached hydrogen (secondary N) is 1. The number of thioether (sulfide) groups is 1. The molecule has 27 heavy (non-hydrogen) atoms. The molecule has 4 rings (SSSR count). The highest BCUT2D eigenvalue weighted by atomic mass is 35.5. The van der Waals surface area contributed by atoms with Crippen LogP contribution in [0.2, 0.25) is 10.0 Å². The van der Waals surface area contributed by atoms with Gasteiger partial charge >= 0.3 is 0 Å². The fourth-order valence-corrected chi connectivity index (χ4v) is 3.82. The van der Waals surface area contributed by atoms with E-state index >= 15 is 0 Å². The van der Waals surface area contributed by atoms with Gasteiger partial charge in [0, 0.05) is 6.20 Å². The van der Waals surface area contributed by atoms with Crippen LogP contribution in [0.3, 0.4) is 0 Å². The number of ether oxygens (including phenoxy) is 2. The second-order valence-electron chi connectivity index (χ2n) is 5.77. The number of carbonyl (C=O) groups is 1. The summed E-state index contributed by atoms with van der Waals surface area (Å²) in [5.74, 6) is 1.43. The third-order valence-electron chi connectivity index (χ3n) is 3.82. The first-order valence-corrected chi connectivity index (χ1v) is 9.82. The van der Waals surface area contributed by atoms with Gasteiger partial charge in [0.05, 0.1) is 22.3 Å². The first kappa shape index (κ1) is 18.2. The maximum absolute atomic E-state index is 12.2. The Morgan fingerprint density at radius 3 is 2.96 bits per heavy atom. The molecule has 0 saturated heterocycles. The lowest BCUT2D eigenvalue weighted by molar-refractivity contribution is -0.119. The van der Waals surface area contributed by atoms with Crippen molar-refractivity contribution in [1.29, 1.82) is 0 Å². The maximum atomic E-state index is 12.2. The molecule has 0 aliphatic carbocycles. The van der Waals surface area contributed by atoms with Gasteiger partial charge in [0.15, 0.2) is 22.3 Å². The van der Waals surface area contributed by atoms with Crippen molar-refractivity contribution >= 4 is 46.5 Å². The molecule has 7 nitrogen and oxygen atoms in total. The van der Waals surface area contributed by atoms with E-state index in [1.165, 1.54) is 11.8 Å². The zero-order valence-corrected chi connectivity index (χ0v) is 16.2. The SMILES string of the molecule is O=C(CSc1nnc2c(Cl)cc(Cl)cn12)NC[C@H]1COc2ccccc2O1. The molecule has 0 saturated carbocycles. The largest absolute Gasteiger partial charge is 0.486 e. The Labute approximate surface area is 169 Å². The minimum absolute atomic E-state index is 0.146. The Morgan fingerprint density at radius 1 is 1.30 bits per heavy atom. The van der Waals surface area contributed by atoms with Crippen LogP contribution in [0.25, 0.3) is 5.65 Å². The van der Waals surface area contributed by atoms with Crippen molar-refractivity contribution in [3.63, 3.8) is 0 Å². The Balaban J connectivity index is 1.31. The lowest BCUT2D eigenvalue weighted by atomic mass is 10.2. The minimum atomic E-state index is -0.236. The molecule has 0 bridgehead atoms. The van der Waals surface area contributed by atoms with Crippen molar-refractivity contribution in [2.75, 3.05) is 18.9 Å². The minimum Gasteiger partial charge on any atom is -0.486 e. The number of benzene rings is 1. The first-order valence-electron chi connectivity index (χ1n) is 8.08. The summed E-state index contributed by atoms with van der Waals surface area (Å²) < 4.78 is 13.1. The number of amides is 1. The number of halogens is 2. The molecule has 1 amide bonds. The van der Waals surface area contributed by atoms with Gasteiger partial charge in [-0.3, -0.25) is 9.20 Å². The van der Waals surface area contributed by atoms with Gasteiger partial charge in [-0.1, -0.05) is 47.1 Å². The van der Waals surface area contributed by atoms with Gasteiger partial charge < -0.3 is 14.8 Å². The topological polar surface area (TPSA) is 77.8 Å². The van der Waals surface area contributed by atoms with E-state index in [0.29, 0.717) is 45.5 Å². The third-order valence-corrected chi connectivity index (χ3v) is 5.25. The summed E-state index contributed by atoms with van der Waals surface area (Å²) in [6.07, 6.45) is 1.42. The summed E-state index contributed by atoms with van der Waals surface area (Å²) in [6.45, 7) is 0.738. The lowest BCUT2D eigenvalue weighted by Crippen LogP contribution is -2.41. The average Bonchev–Trinajstić information content (AvgIpc) is 3.07. The van der Waals surface area contributed by atoms with Gasteiger partial charge in [0.25, 0.3) is 0 Å². The number of fused-ring (bicyclic) bond motifs is 2. The Bertz CT molecular complexity index is 997. The predicted molar refractivity (Wildman–Crippen MR) is 103 cm³/mol. The zero-order chi connectivity index (χ0) is 18.8. The Kier molecular flexibility index (Phi) is 5.29. The average molecular weight is 425 g/mol. The molecule has 140 valence electrons. The van der Waals surface area contributed by atoms with Crippen LogP contribution in [0.15, 0.2) is 41.7 Å². The van der Waals surface area contributed by atoms with Crippen molar-refractivity contribution in [3.05, 3.63) is 46.6 Å². The number of nitrogens with zero attached hydrogens (tertiary/aromatic N) is 3. The zero-order valence-electron chi connectivity index (χ0n) is 13.9. The van der Waals surface area contributed by atoms with E-state index in [4.69, 9.17) is 32.7 Å². The molecule has 10 heteroatoms. The number of pyridine rings is 1. The van der Waals surface area contributed by atoms with E-state index in [1.54, 1.807) is 16.7 Å². The van der Waals surface area contributed by atoms with E-state index in [1.807, 2.05) is 24.3 Å². The van der Waals surface area contributed by atoms with Crippen molar-refractivity contribution in [2.45, 2.75) is 11.3 Å². The van der Waals surface area contributed by atoms with Crippen molar-refractivity contribution in [2.24, 2.45) is 0 Å². The molecular weight excluding hydrogens is 411 g/mol. The molecule has 1 atom stereocenters. The van der Waals surface area contributed by atoms with Crippen molar-refractivity contribution in [1.82, 2.24) is 19.9 Å². The fourth-order valence-electron chi connectivity index (χ4n) is 2.57. The van der Waals surface area contributed by atoms with Crippen molar-refractivity contribution < 1.29 is 14.3 Å². The number of hydrogen-bond donors (Lipinski definition) is 1. The van der Waals surface area contributed by atoms with E-state index in [9.17, 15) is 4.79 Å². The van der Waals surface area contributed by atoms with Crippen LogP contribution in [-0.2, 0) is 4.79 Å².